The van der Waals surface area contributed by atoms with Crippen LogP contribution in [-0.2, 0) is 27.2 Å². The van der Waals surface area contributed by atoms with Crippen molar-refractivity contribution in [1.29, 1.82) is 0 Å². The smallest absolute Gasteiger partial charge is 0.328 e. The Kier molecular flexibility index (Phi) is 10.4. The minimum absolute atomic E-state index is 0. The Hall–Kier alpha value is -2.06. The number of carbonyl (C=O) groups is 2. The molecule has 2 atom stereocenters. The third kappa shape index (κ3) is 9.66. The van der Waals surface area contributed by atoms with E-state index in [9.17, 15) is 14.0 Å². The van der Waals surface area contributed by atoms with E-state index in [-0.39, 0.29) is 25.2 Å². The molecule has 0 saturated heterocycles. The molecule has 188 valence electrons. The number of halogens is 4. The van der Waals surface area contributed by atoms with Crippen molar-refractivity contribution in [3.8, 4) is 0 Å². The lowest BCUT2D eigenvalue weighted by Crippen LogP contribution is -2.50. The van der Waals surface area contributed by atoms with Crippen molar-refractivity contribution in [2.24, 2.45) is 5.73 Å². The number of anilines is 1. The van der Waals surface area contributed by atoms with Crippen LogP contribution in [0.1, 0.15) is 24.8 Å². The van der Waals surface area contributed by atoms with Gasteiger partial charge in [-0.1, -0.05) is 24.3 Å². The molecule has 0 aliphatic rings. The molecule has 2 aromatic carbocycles. The largest absolute Gasteiger partial charge is 0.464 e. The number of esters is 1. The first-order valence-electron chi connectivity index (χ1n) is 12.8. The summed E-state index contributed by atoms with van der Waals surface area (Å²) in [5.74, 6) is -1.70. The van der Waals surface area contributed by atoms with Gasteiger partial charge in [-0.25, -0.2) is 9.18 Å². The van der Waals surface area contributed by atoms with Gasteiger partial charge in [0.1, 0.15) is 11.9 Å². The molecule has 0 bridgehead atoms. The predicted molar refractivity (Wildman–Crippen MR) is 138 cm³/mol. The lowest BCUT2D eigenvalue weighted by molar-refractivity contribution is -0.147. The Labute approximate surface area is 223 Å². The van der Waals surface area contributed by atoms with E-state index < -0.39 is 43.2 Å². The van der Waals surface area contributed by atoms with Crippen molar-refractivity contribution in [2.75, 3.05) is 36.3 Å². The summed E-state index contributed by atoms with van der Waals surface area (Å²) in [6.07, 6.45) is -0.0914. The Morgan fingerprint density at radius 1 is 1.09 bits per heavy atom. The molecule has 3 N–H and O–H groups in total. The standard InChI is InChI=1S/C24H30Cl2FN3O3.ClH/c1-2-33-24(32)22(16-18-3-7-19(27)8-4-18)29-23(31)21(28)15-17-5-9-20(10-6-17)30(13-11-25)14-12-26;/h3-10,21-22H,2,11-16,28H2,1H3,(H,29,31);1H/t21-,22-;/m0./s1/i1D3,2D2;. The number of amides is 1. The highest BCUT2D eigenvalue weighted by molar-refractivity contribution is 6.18. The second-order valence-electron chi connectivity index (χ2n) is 7.26. The number of nitrogens with two attached hydrogens (primary N) is 1. The molecule has 0 radical (unpaired) electrons. The number of hydrogen-bond acceptors (Lipinski definition) is 5. The summed E-state index contributed by atoms with van der Waals surface area (Å²) in [6.45, 7) is -5.32. The van der Waals surface area contributed by atoms with Gasteiger partial charge in [0.05, 0.1) is 15.3 Å². The van der Waals surface area contributed by atoms with Gasteiger partial charge in [-0.05, 0) is 48.7 Å². The number of rotatable bonds is 13. The fourth-order valence-corrected chi connectivity index (χ4v) is 3.62. The maximum atomic E-state index is 13.3. The van der Waals surface area contributed by atoms with E-state index in [1.807, 2.05) is 17.0 Å². The topological polar surface area (TPSA) is 84.7 Å². The quantitative estimate of drug-likeness (QED) is 0.300. The van der Waals surface area contributed by atoms with E-state index in [0.29, 0.717) is 30.4 Å². The van der Waals surface area contributed by atoms with Crippen LogP contribution in [0, 0.1) is 5.82 Å². The van der Waals surface area contributed by atoms with Gasteiger partial charge in [-0.15, -0.1) is 35.6 Å². The molecule has 10 heteroatoms. The molecule has 0 heterocycles. The fraction of sp³-hybridized carbons (Fsp3) is 0.417. The van der Waals surface area contributed by atoms with E-state index in [1.165, 1.54) is 12.1 Å². The van der Waals surface area contributed by atoms with Gasteiger partial charge in [0, 0.05) is 41.1 Å². The van der Waals surface area contributed by atoms with E-state index in [1.54, 1.807) is 12.1 Å². The van der Waals surface area contributed by atoms with Crippen LogP contribution in [0.25, 0.3) is 0 Å². The van der Waals surface area contributed by atoms with Crippen LogP contribution in [0.2, 0.25) is 0 Å². The molecule has 0 fully saturated rings. The second kappa shape index (κ2) is 15.8. The van der Waals surface area contributed by atoms with Gasteiger partial charge in [-0.3, -0.25) is 4.79 Å². The number of hydrogen-bond donors (Lipinski definition) is 2. The molecule has 0 spiro atoms. The molecule has 0 aliphatic heterocycles. The number of benzene rings is 2. The number of ether oxygens (including phenoxy) is 1. The molecular weight excluding hydrogens is 504 g/mol. The van der Waals surface area contributed by atoms with E-state index in [4.69, 9.17) is 35.8 Å². The third-order valence-corrected chi connectivity index (χ3v) is 5.25. The first-order valence-corrected chi connectivity index (χ1v) is 11.3. The predicted octanol–water partition coefficient (Wildman–Crippen LogP) is 3.69. The van der Waals surface area contributed by atoms with Gasteiger partial charge in [0.15, 0.2) is 0 Å². The van der Waals surface area contributed by atoms with Crippen molar-refractivity contribution in [3.05, 3.63) is 65.5 Å². The van der Waals surface area contributed by atoms with Crippen molar-refractivity contribution in [1.82, 2.24) is 5.32 Å². The van der Waals surface area contributed by atoms with E-state index in [2.05, 4.69) is 10.1 Å². The van der Waals surface area contributed by atoms with E-state index >= 15 is 0 Å². The highest BCUT2D eigenvalue weighted by atomic mass is 35.5. The fourth-order valence-electron chi connectivity index (χ4n) is 3.21. The maximum Gasteiger partial charge on any atom is 0.328 e. The molecule has 34 heavy (non-hydrogen) atoms. The number of alkyl halides is 2. The van der Waals surface area contributed by atoms with Crippen LogP contribution in [0.5, 0.6) is 0 Å². The first kappa shape index (κ1) is 22.4. The summed E-state index contributed by atoms with van der Waals surface area (Å²) in [6, 6.07) is 9.79. The number of carbonyl (C=O) groups excluding carboxylic acids is 2. The van der Waals surface area contributed by atoms with Gasteiger partial charge >= 0.3 is 5.97 Å². The Morgan fingerprint density at radius 2 is 1.65 bits per heavy atom. The zero-order valence-corrected chi connectivity index (χ0v) is 20.6. The van der Waals surface area contributed by atoms with Gasteiger partial charge in [-0.2, -0.15) is 0 Å². The molecule has 2 aromatic rings. The summed E-state index contributed by atoms with van der Waals surface area (Å²) in [5.41, 5.74) is 8.14. The summed E-state index contributed by atoms with van der Waals surface area (Å²) >= 11 is 11.7. The van der Waals surface area contributed by atoms with Crippen molar-refractivity contribution in [2.45, 2.75) is 31.8 Å². The molecule has 0 aliphatic carbocycles. The molecule has 1 amide bonds. The zero-order valence-electron chi connectivity index (χ0n) is 23.3. The van der Waals surface area contributed by atoms with Crippen LogP contribution in [0.3, 0.4) is 0 Å². The van der Waals surface area contributed by atoms with Crippen molar-refractivity contribution >= 4 is 53.2 Å². The highest BCUT2D eigenvalue weighted by Crippen LogP contribution is 2.16. The van der Waals surface area contributed by atoms with Crippen molar-refractivity contribution in [3.63, 3.8) is 0 Å². The average molecular weight is 540 g/mol. The average Bonchev–Trinajstić information content (AvgIpc) is 2.84. The lowest BCUT2D eigenvalue weighted by Gasteiger charge is -2.23. The van der Waals surface area contributed by atoms with Crippen LogP contribution in [-0.4, -0.2) is 55.4 Å². The molecular formula is C24H31Cl3FN3O3. The molecule has 0 saturated carbocycles. The third-order valence-electron chi connectivity index (χ3n) is 4.91. The van der Waals surface area contributed by atoms with Gasteiger partial charge in [0.25, 0.3) is 0 Å². The van der Waals surface area contributed by atoms with Gasteiger partial charge < -0.3 is 20.7 Å². The molecule has 6 nitrogen and oxygen atoms in total. The molecule has 2 rings (SSSR count). The monoisotopic (exact) mass is 538 g/mol. The summed E-state index contributed by atoms with van der Waals surface area (Å²) < 4.78 is 54.8. The highest BCUT2D eigenvalue weighted by Gasteiger charge is 2.25. The number of nitrogens with zero attached hydrogens (tertiary/aromatic N) is 1. The Balaban J connectivity index is 0.00000760. The van der Waals surface area contributed by atoms with Crippen LogP contribution < -0.4 is 16.0 Å². The first-order chi connectivity index (χ1) is 17.8. The van der Waals surface area contributed by atoms with Crippen LogP contribution in [0.4, 0.5) is 10.1 Å². The summed E-state index contributed by atoms with van der Waals surface area (Å²) in [5, 5.41) is 2.42. The second-order valence-corrected chi connectivity index (χ2v) is 8.01. The van der Waals surface area contributed by atoms with E-state index in [0.717, 1.165) is 23.4 Å². The summed E-state index contributed by atoms with van der Waals surface area (Å²) in [4.78, 5) is 27.6. The minimum atomic E-state index is -3.29. The zero-order chi connectivity index (χ0) is 28.5. The summed E-state index contributed by atoms with van der Waals surface area (Å²) in [7, 11) is 0. The Morgan fingerprint density at radius 3 is 2.21 bits per heavy atom. The van der Waals surface area contributed by atoms with Crippen LogP contribution in [0.15, 0.2) is 48.5 Å². The Bertz CT molecular complexity index is 1060. The van der Waals surface area contributed by atoms with Crippen molar-refractivity contribution < 1.29 is 25.6 Å². The lowest BCUT2D eigenvalue weighted by atomic mass is 10.0. The normalized spacial score (nSPS) is 15.2. The SMILES string of the molecule is Cl.[2H]C([2H])([2H])C([2H])([2H])OC(=O)[C@H](Cc1ccc(F)cc1)NC(=O)[C@@H](N)Cc1ccc(N(CCCl)CCCl)cc1. The minimum Gasteiger partial charge on any atom is -0.464 e. The van der Waals surface area contributed by atoms with Crippen LogP contribution >= 0.6 is 35.6 Å². The van der Waals surface area contributed by atoms with Gasteiger partial charge in [0.2, 0.25) is 5.91 Å². The number of nitrogens with one attached hydrogen (secondary N) is 1. The maximum absolute atomic E-state index is 13.3. The molecule has 0 aromatic heterocycles. The molecule has 0 unspecified atom stereocenters.